The minimum atomic E-state index is 0. The Bertz CT molecular complexity index is 299. The number of hydrogen-bond donors (Lipinski definition) is 1. The van der Waals surface area contributed by atoms with Crippen molar-refractivity contribution in [2.24, 2.45) is 0 Å². The molecule has 1 fully saturated rings. The van der Waals surface area contributed by atoms with Crippen molar-refractivity contribution in [2.45, 2.75) is 45.1 Å². The molecule has 1 aliphatic rings. The highest BCUT2D eigenvalue weighted by molar-refractivity contribution is 5.27. The predicted octanol–water partition coefficient (Wildman–Crippen LogP) is 3.87. The van der Waals surface area contributed by atoms with Gasteiger partial charge >= 0.3 is 0 Å². The van der Waals surface area contributed by atoms with E-state index in [1.54, 1.807) is 0 Å². The first-order chi connectivity index (χ1) is 7.27. The summed E-state index contributed by atoms with van der Waals surface area (Å²) in [5.74, 6) is 0.637. The summed E-state index contributed by atoms with van der Waals surface area (Å²) in [6, 6.07) is 9.73. The lowest BCUT2D eigenvalue weighted by molar-refractivity contribution is 0.412. The molecule has 0 radical (unpaired) electrons. The first kappa shape index (κ1) is 10.7. The maximum atomic E-state index is 3.58. The van der Waals surface area contributed by atoms with Gasteiger partial charge in [-0.05, 0) is 36.4 Å². The van der Waals surface area contributed by atoms with Crippen LogP contribution in [-0.2, 0) is 0 Å². The van der Waals surface area contributed by atoms with Gasteiger partial charge in [0.15, 0.2) is 0 Å². The minimum absolute atomic E-state index is 0. The van der Waals surface area contributed by atoms with Crippen molar-refractivity contribution < 1.29 is 1.43 Å². The number of benzene rings is 1. The van der Waals surface area contributed by atoms with Crippen LogP contribution < -0.4 is 5.32 Å². The zero-order valence-corrected chi connectivity index (χ0v) is 9.79. The van der Waals surface area contributed by atoms with E-state index in [1.807, 2.05) is 0 Å². The molecular weight excluding hydrogens is 182 g/mol. The summed E-state index contributed by atoms with van der Waals surface area (Å²) in [5, 5.41) is 3.58. The molecule has 1 heterocycles. The standard InChI is InChI=1S/C14H21N.H2/c1-11(2)12-6-8-13(9-7-12)14-5-3-4-10-15-14;/h6-9,11,14-15H,3-5,10H2,1-2H3;1H. The lowest BCUT2D eigenvalue weighted by atomic mass is 9.95. The predicted molar refractivity (Wildman–Crippen MR) is 67.2 cm³/mol. The van der Waals surface area contributed by atoms with Crippen LogP contribution in [0.4, 0.5) is 0 Å². The van der Waals surface area contributed by atoms with Crippen LogP contribution in [0.2, 0.25) is 0 Å². The average Bonchev–Trinajstić information content (AvgIpc) is 2.30. The Kier molecular flexibility index (Phi) is 3.42. The summed E-state index contributed by atoms with van der Waals surface area (Å²) >= 11 is 0. The molecule has 1 aromatic rings. The summed E-state index contributed by atoms with van der Waals surface area (Å²) in [7, 11) is 0. The van der Waals surface area contributed by atoms with Gasteiger partial charge in [0.1, 0.15) is 0 Å². The van der Waals surface area contributed by atoms with Gasteiger partial charge in [-0.3, -0.25) is 0 Å². The van der Waals surface area contributed by atoms with Gasteiger partial charge in [0, 0.05) is 7.47 Å². The largest absolute Gasteiger partial charge is 0.310 e. The maximum absolute atomic E-state index is 3.58. The molecule has 1 heteroatoms. The lowest BCUT2D eigenvalue weighted by Crippen LogP contribution is -2.26. The van der Waals surface area contributed by atoms with Crippen LogP contribution in [0.15, 0.2) is 24.3 Å². The van der Waals surface area contributed by atoms with Gasteiger partial charge < -0.3 is 5.32 Å². The topological polar surface area (TPSA) is 12.0 Å². The Balaban J connectivity index is 0.00000128. The van der Waals surface area contributed by atoms with Gasteiger partial charge in [0.05, 0.1) is 0 Å². The van der Waals surface area contributed by atoms with Crippen molar-refractivity contribution in [3.63, 3.8) is 0 Å². The smallest absolute Gasteiger partial charge is 0.0320 e. The number of hydrogen-bond acceptors (Lipinski definition) is 1. The molecule has 1 unspecified atom stereocenters. The molecule has 2 rings (SSSR count). The molecule has 1 N–H and O–H groups in total. The molecule has 0 aromatic heterocycles. The molecule has 0 bridgehead atoms. The molecule has 0 saturated carbocycles. The Morgan fingerprint density at radius 1 is 1.20 bits per heavy atom. The van der Waals surface area contributed by atoms with E-state index in [-0.39, 0.29) is 1.43 Å². The molecule has 84 valence electrons. The first-order valence-electron chi connectivity index (χ1n) is 6.10. The molecule has 1 saturated heterocycles. The van der Waals surface area contributed by atoms with E-state index >= 15 is 0 Å². The second-order valence-corrected chi connectivity index (χ2v) is 4.82. The molecule has 0 aliphatic carbocycles. The quantitative estimate of drug-likeness (QED) is 0.773. The molecule has 1 nitrogen and oxygen atoms in total. The second-order valence-electron chi connectivity index (χ2n) is 4.82. The van der Waals surface area contributed by atoms with Crippen molar-refractivity contribution in [1.29, 1.82) is 0 Å². The Morgan fingerprint density at radius 2 is 1.93 bits per heavy atom. The van der Waals surface area contributed by atoms with Crippen molar-refractivity contribution in [3.05, 3.63) is 35.4 Å². The fraction of sp³-hybridized carbons (Fsp3) is 0.571. The van der Waals surface area contributed by atoms with Crippen LogP contribution >= 0.6 is 0 Å². The van der Waals surface area contributed by atoms with Crippen LogP contribution in [0, 0.1) is 0 Å². The molecule has 1 aliphatic heterocycles. The van der Waals surface area contributed by atoms with E-state index in [0.717, 1.165) is 0 Å². The number of rotatable bonds is 2. The van der Waals surface area contributed by atoms with E-state index in [9.17, 15) is 0 Å². The van der Waals surface area contributed by atoms with Gasteiger partial charge in [-0.2, -0.15) is 0 Å². The summed E-state index contributed by atoms with van der Waals surface area (Å²) in [6.45, 7) is 5.67. The Hall–Kier alpha value is -0.820. The SMILES string of the molecule is CC(C)c1ccc(C2CCCCN2)cc1.[HH]. The van der Waals surface area contributed by atoms with E-state index < -0.39 is 0 Å². The van der Waals surface area contributed by atoms with E-state index in [0.29, 0.717) is 12.0 Å². The first-order valence-corrected chi connectivity index (χ1v) is 6.10. The average molecular weight is 205 g/mol. The zero-order chi connectivity index (χ0) is 10.7. The molecule has 0 spiro atoms. The zero-order valence-electron chi connectivity index (χ0n) is 9.79. The monoisotopic (exact) mass is 205 g/mol. The Labute approximate surface area is 94.4 Å². The fourth-order valence-electron chi connectivity index (χ4n) is 2.25. The highest BCUT2D eigenvalue weighted by Gasteiger charge is 2.14. The van der Waals surface area contributed by atoms with E-state index in [4.69, 9.17) is 0 Å². The van der Waals surface area contributed by atoms with Crippen molar-refractivity contribution in [1.82, 2.24) is 5.32 Å². The summed E-state index contributed by atoms with van der Waals surface area (Å²) < 4.78 is 0. The molecular formula is C14H23N. The van der Waals surface area contributed by atoms with Crippen LogP contribution in [-0.4, -0.2) is 6.54 Å². The molecule has 1 aromatic carbocycles. The van der Waals surface area contributed by atoms with Crippen LogP contribution in [0.3, 0.4) is 0 Å². The molecule has 1 atom stereocenters. The van der Waals surface area contributed by atoms with Crippen molar-refractivity contribution >= 4 is 0 Å². The fourth-order valence-corrected chi connectivity index (χ4v) is 2.25. The van der Waals surface area contributed by atoms with Crippen molar-refractivity contribution in [2.75, 3.05) is 6.54 Å². The van der Waals surface area contributed by atoms with Gasteiger partial charge in [-0.15, -0.1) is 0 Å². The van der Waals surface area contributed by atoms with E-state index in [1.165, 1.54) is 36.9 Å². The van der Waals surface area contributed by atoms with Gasteiger partial charge in [0.25, 0.3) is 0 Å². The summed E-state index contributed by atoms with van der Waals surface area (Å²) in [6.07, 6.45) is 3.99. The molecule has 15 heavy (non-hydrogen) atoms. The lowest BCUT2D eigenvalue weighted by Gasteiger charge is -2.24. The second kappa shape index (κ2) is 4.80. The third-order valence-electron chi connectivity index (χ3n) is 3.32. The normalized spacial score (nSPS) is 21.9. The number of nitrogens with one attached hydrogen (secondary N) is 1. The van der Waals surface area contributed by atoms with E-state index in [2.05, 4.69) is 43.4 Å². The molecule has 0 amide bonds. The third-order valence-corrected chi connectivity index (χ3v) is 3.32. The van der Waals surface area contributed by atoms with Gasteiger partial charge in [-0.1, -0.05) is 44.5 Å². The van der Waals surface area contributed by atoms with Gasteiger partial charge in [0.2, 0.25) is 0 Å². The highest BCUT2D eigenvalue weighted by Crippen LogP contribution is 2.24. The van der Waals surface area contributed by atoms with Crippen molar-refractivity contribution in [3.8, 4) is 0 Å². The summed E-state index contributed by atoms with van der Waals surface area (Å²) in [5.41, 5.74) is 2.90. The van der Waals surface area contributed by atoms with Crippen LogP contribution in [0.5, 0.6) is 0 Å². The Morgan fingerprint density at radius 3 is 2.47 bits per heavy atom. The van der Waals surface area contributed by atoms with Crippen LogP contribution in [0.1, 0.15) is 57.6 Å². The summed E-state index contributed by atoms with van der Waals surface area (Å²) in [4.78, 5) is 0. The maximum Gasteiger partial charge on any atom is 0.0320 e. The minimum Gasteiger partial charge on any atom is -0.310 e. The highest BCUT2D eigenvalue weighted by atomic mass is 14.9. The van der Waals surface area contributed by atoms with Gasteiger partial charge in [-0.25, -0.2) is 0 Å². The van der Waals surface area contributed by atoms with Crippen LogP contribution in [0.25, 0.3) is 0 Å². The third kappa shape index (κ3) is 2.60. The number of piperidine rings is 1.